The number of anilines is 4. The van der Waals surface area contributed by atoms with Crippen molar-refractivity contribution in [3.05, 3.63) is 58.7 Å². The number of aromatic nitrogens is 2. The second kappa shape index (κ2) is 10.8. The smallest absolute Gasteiger partial charge is 0.242 e. The molecule has 0 saturated heterocycles. The highest BCUT2D eigenvalue weighted by Crippen LogP contribution is 2.36. The van der Waals surface area contributed by atoms with Crippen molar-refractivity contribution in [2.75, 3.05) is 44.4 Å². The molecule has 0 spiro atoms. The first-order valence-electron chi connectivity index (χ1n) is 11.4. The molecule has 0 unspecified atom stereocenters. The van der Waals surface area contributed by atoms with E-state index in [4.69, 9.17) is 16.3 Å². The van der Waals surface area contributed by atoms with Crippen LogP contribution in [0.25, 0.3) is 0 Å². The fourth-order valence-electron chi connectivity index (χ4n) is 4.14. The van der Waals surface area contributed by atoms with Crippen molar-refractivity contribution >= 4 is 44.8 Å². The highest BCUT2D eigenvalue weighted by atomic mass is 35.5. The molecule has 0 atom stereocenters. The molecule has 2 aromatic carbocycles. The zero-order chi connectivity index (χ0) is 25.0. The summed E-state index contributed by atoms with van der Waals surface area (Å²) in [7, 11) is -0.687. The maximum atomic E-state index is 12.4. The van der Waals surface area contributed by atoms with Crippen molar-refractivity contribution < 1.29 is 13.2 Å². The van der Waals surface area contributed by atoms with Crippen LogP contribution in [0.15, 0.2) is 47.5 Å². The summed E-state index contributed by atoms with van der Waals surface area (Å²) in [5.41, 5.74) is 3.62. The van der Waals surface area contributed by atoms with Gasteiger partial charge in [0, 0.05) is 13.1 Å². The monoisotopic (exact) mass is 516 g/mol. The van der Waals surface area contributed by atoms with E-state index in [-0.39, 0.29) is 15.7 Å². The number of para-hydroxylation sites is 1. The van der Waals surface area contributed by atoms with Crippen LogP contribution in [-0.4, -0.2) is 57.1 Å². The van der Waals surface area contributed by atoms with Gasteiger partial charge in [-0.15, -0.1) is 0 Å². The van der Waals surface area contributed by atoms with Gasteiger partial charge in [-0.1, -0.05) is 36.7 Å². The van der Waals surface area contributed by atoms with E-state index in [2.05, 4.69) is 43.2 Å². The molecule has 0 fully saturated rings. The van der Waals surface area contributed by atoms with E-state index in [0.717, 1.165) is 38.2 Å². The van der Waals surface area contributed by atoms with Gasteiger partial charge in [0.1, 0.15) is 15.7 Å². The molecule has 0 saturated carbocycles. The van der Waals surface area contributed by atoms with Crippen molar-refractivity contribution in [2.24, 2.45) is 0 Å². The molecule has 0 bridgehead atoms. The third kappa shape index (κ3) is 5.51. The number of ether oxygens (including phenoxy) is 1. The SMILES string of the molecule is CCN1CCc2ccc(OC)c(Nc3ncc(Cl)c(Nc4ccccc4S(=O)(=O)NC)n3)c2CC1. The number of benzene rings is 2. The fourth-order valence-corrected chi connectivity index (χ4v) is 5.17. The molecule has 3 aromatic rings. The Morgan fingerprint density at radius 1 is 1.11 bits per heavy atom. The Balaban J connectivity index is 1.68. The first-order valence-corrected chi connectivity index (χ1v) is 13.2. The number of hydrogen-bond donors (Lipinski definition) is 3. The minimum absolute atomic E-state index is 0.0854. The first kappa shape index (κ1) is 25.2. The van der Waals surface area contributed by atoms with Crippen LogP contribution in [0.2, 0.25) is 5.02 Å². The number of likely N-dealkylation sites (N-methyl/N-ethyl adjacent to an activating group) is 1. The summed E-state index contributed by atoms with van der Waals surface area (Å²) in [6.45, 7) is 5.14. The standard InChI is InChI=1S/C24H29ClN6O3S/c1-4-31-13-11-16-9-10-20(34-3)22(17(16)12-14-31)29-24-27-15-18(25)23(30-24)28-19-7-5-6-8-21(19)35(32,33)26-2/h5-10,15,26H,4,11-14H2,1-3H3,(H2,27,28,29,30). The van der Waals surface area contributed by atoms with E-state index in [0.29, 0.717) is 17.4 Å². The largest absolute Gasteiger partial charge is 0.495 e. The van der Waals surface area contributed by atoms with Crippen LogP contribution in [0, 0.1) is 0 Å². The molecule has 35 heavy (non-hydrogen) atoms. The summed E-state index contributed by atoms with van der Waals surface area (Å²) in [4.78, 5) is 11.4. The van der Waals surface area contributed by atoms with Gasteiger partial charge in [-0.25, -0.2) is 18.1 Å². The maximum absolute atomic E-state index is 12.4. The molecule has 3 N–H and O–H groups in total. The Morgan fingerprint density at radius 3 is 2.63 bits per heavy atom. The molecule has 0 aliphatic carbocycles. The van der Waals surface area contributed by atoms with Gasteiger partial charge in [0.2, 0.25) is 16.0 Å². The number of hydrogen-bond acceptors (Lipinski definition) is 8. The molecule has 186 valence electrons. The van der Waals surface area contributed by atoms with Gasteiger partial charge in [-0.2, -0.15) is 4.98 Å². The third-order valence-electron chi connectivity index (χ3n) is 6.09. The number of fused-ring (bicyclic) bond motifs is 1. The van der Waals surface area contributed by atoms with Gasteiger partial charge >= 0.3 is 0 Å². The molecule has 1 aliphatic rings. The van der Waals surface area contributed by atoms with Crippen LogP contribution in [0.1, 0.15) is 18.1 Å². The molecular formula is C24H29ClN6O3S. The quantitative estimate of drug-likeness (QED) is 0.413. The minimum atomic E-state index is -3.69. The Labute approximate surface area is 210 Å². The zero-order valence-electron chi connectivity index (χ0n) is 19.9. The molecule has 0 radical (unpaired) electrons. The first-order chi connectivity index (χ1) is 16.9. The molecule has 11 heteroatoms. The van der Waals surface area contributed by atoms with E-state index in [1.54, 1.807) is 25.3 Å². The lowest BCUT2D eigenvalue weighted by atomic mass is 10.00. The molecule has 2 heterocycles. The lowest BCUT2D eigenvalue weighted by molar-refractivity contribution is 0.303. The summed E-state index contributed by atoms with van der Waals surface area (Å²) < 4.78 is 32.9. The van der Waals surface area contributed by atoms with Crippen LogP contribution in [0.5, 0.6) is 5.75 Å². The molecule has 1 aliphatic heterocycles. The number of halogens is 1. The Bertz CT molecular complexity index is 1320. The van der Waals surface area contributed by atoms with Crippen LogP contribution in [0.3, 0.4) is 0 Å². The van der Waals surface area contributed by atoms with Gasteiger partial charge in [0.05, 0.1) is 24.7 Å². The van der Waals surface area contributed by atoms with Crippen molar-refractivity contribution in [3.8, 4) is 5.75 Å². The Kier molecular flexibility index (Phi) is 7.75. The van der Waals surface area contributed by atoms with Gasteiger partial charge in [0.15, 0.2) is 5.82 Å². The number of methoxy groups -OCH3 is 1. The van der Waals surface area contributed by atoms with Crippen LogP contribution < -0.4 is 20.1 Å². The molecule has 1 aromatic heterocycles. The number of nitrogens with one attached hydrogen (secondary N) is 3. The number of nitrogens with zero attached hydrogens (tertiary/aromatic N) is 3. The average molecular weight is 517 g/mol. The lowest BCUT2D eigenvalue weighted by Crippen LogP contribution is -2.25. The van der Waals surface area contributed by atoms with Crippen molar-refractivity contribution in [1.82, 2.24) is 19.6 Å². The minimum Gasteiger partial charge on any atom is -0.495 e. The van der Waals surface area contributed by atoms with E-state index >= 15 is 0 Å². The number of rotatable bonds is 8. The van der Waals surface area contributed by atoms with Gasteiger partial charge < -0.3 is 20.3 Å². The average Bonchev–Trinajstić information content (AvgIpc) is 3.09. The maximum Gasteiger partial charge on any atom is 0.242 e. The normalized spacial score (nSPS) is 14.2. The summed E-state index contributed by atoms with van der Waals surface area (Å²) in [6, 6.07) is 10.6. The molecule has 9 nitrogen and oxygen atoms in total. The predicted molar refractivity (Wildman–Crippen MR) is 139 cm³/mol. The van der Waals surface area contributed by atoms with Crippen LogP contribution >= 0.6 is 11.6 Å². The third-order valence-corrected chi connectivity index (χ3v) is 7.84. The van der Waals surface area contributed by atoms with E-state index in [1.165, 1.54) is 30.4 Å². The summed E-state index contributed by atoms with van der Waals surface area (Å²) in [5, 5.41) is 6.62. The number of sulfonamides is 1. The van der Waals surface area contributed by atoms with Crippen molar-refractivity contribution in [3.63, 3.8) is 0 Å². The van der Waals surface area contributed by atoms with Crippen molar-refractivity contribution in [2.45, 2.75) is 24.7 Å². The molecule has 0 amide bonds. The lowest BCUT2D eigenvalue weighted by Gasteiger charge is -2.18. The highest BCUT2D eigenvalue weighted by molar-refractivity contribution is 7.89. The summed E-state index contributed by atoms with van der Waals surface area (Å²) in [5.74, 6) is 1.29. The highest BCUT2D eigenvalue weighted by Gasteiger charge is 2.21. The summed E-state index contributed by atoms with van der Waals surface area (Å²) in [6.07, 6.45) is 3.30. The Morgan fingerprint density at radius 2 is 1.89 bits per heavy atom. The van der Waals surface area contributed by atoms with Crippen molar-refractivity contribution in [1.29, 1.82) is 0 Å². The predicted octanol–water partition coefficient (Wildman–Crippen LogP) is 3.95. The van der Waals surface area contributed by atoms with E-state index in [1.807, 2.05) is 6.07 Å². The zero-order valence-corrected chi connectivity index (χ0v) is 21.5. The fraction of sp³-hybridized carbons (Fsp3) is 0.333. The van der Waals surface area contributed by atoms with E-state index < -0.39 is 10.0 Å². The molecule has 4 rings (SSSR count). The second-order valence-corrected chi connectivity index (χ2v) is 10.3. The molecular weight excluding hydrogens is 488 g/mol. The van der Waals surface area contributed by atoms with Gasteiger partial charge in [0.25, 0.3) is 0 Å². The van der Waals surface area contributed by atoms with Gasteiger partial charge in [-0.3, -0.25) is 0 Å². The Hall–Kier alpha value is -2.92. The second-order valence-electron chi connectivity index (χ2n) is 8.06. The van der Waals surface area contributed by atoms with Gasteiger partial charge in [-0.05, 0) is 55.8 Å². The van der Waals surface area contributed by atoms with Crippen LogP contribution in [-0.2, 0) is 22.9 Å². The topological polar surface area (TPSA) is 108 Å². The van der Waals surface area contributed by atoms with E-state index in [9.17, 15) is 8.42 Å². The van der Waals surface area contributed by atoms with Crippen LogP contribution in [0.4, 0.5) is 23.1 Å². The summed E-state index contributed by atoms with van der Waals surface area (Å²) >= 11 is 6.37.